The fourth-order valence-electron chi connectivity index (χ4n) is 3.42. The molecule has 4 rings (SSSR count). The summed E-state index contributed by atoms with van der Waals surface area (Å²) in [4.78, 5) is 21.0. The Labute approximate surface area is 177 Å². The minimum absolute atomic E-state index is 0.0948. The smallest absolute Gasteiger partial charge is 0.254 e. The summed E-state index contributed by atoms with van der Waals surface area (Å²) in [6.45, 7) is 3.73. The van der Waals surface area contributed by atoms with Gasteiger partial charge in [-0.1, -0.05) is 11.6 Å². The van der Waals surface area contributed by atoms with Crippen LogP contribution in [0.5, 0.6) is 5.75 Å². The predicted molar refractivity (Wildman–Crippen MR) is 109 cm³/mol. The molecule has 3 aromatic rings. The van der Waals surface area contributed by atoms with Crippen LogP contribution in [-0.2, 0) is 6.42 Å². The van der Waals surface area contributed by atoms with Gasteiger partial charge in [0.2, 0.25) is 0 Å². The minimum atomic E-state index is -0.669. The Bertz CT molecular complexity index is 1150. The van der Waals surface area contributed by atoms with Crippen molar-refractivity contribution in [3.63, 3.8) is 0 Å². The van der Waals surface area contributed by atoms with Crippen LogP contribution in [0.3, 0.4) is 0 Å². The fourth-order valence-corrected chi connectivity index (χ4v) is 3.59. The van der Waals surface area contributed by atoms with Crippen molar-refractivity contribution >= 4 is 17.5 Å². The number of benzene rings is 2. The van der Waals surface area contributed by atoms with Gasteiger partial charge in [-0.05, 0) is 44.2 Å². The zero-order valence-corrected chi connectivity index (χ0v) is 17.1. The molecule has 8 heteroatoms. The molecule has 2 aromatic carbocycles. The number of aromatic nitrogens is 2. The predicted octanol–water partition coefficient (Wildman–Crippen LogP) is 4.43. The Hall–Kier alpha value is -3.06. The average molecular weight is 430 g/mol. The van der Waals surface area contributed by atoms with Crippen LogP contribution in [0, 0.1) is 25.5 Å². The third-order valence-corrected chi connectivity index (χ3v) is 5.10. The molecule has 1 aromatic heterocycles. The van der Waals surface area contributed by atoms with Gasteiger partial charge in [-0.2, -0.15) is 0 Å². The molecule has 0 unspecified atom stereocenters. The monoisotopic (exact) mass is 429 g/mol. The molecule has 0 radical (unpaired) electrons. The van der Waals surface area contributed by atoms with Gasteiger partial charge in [0.15, 0.2) is 11.6 Å². The molecule has 5 nitrogen and oxygen atoms in total. The number of hydrogen-bond donors (Lipinski definition) is 1. The van der Waals surface area contributed by atoms with Crippen molar-refractivity contribution in [2.75, 3.05) is 6.54 Å². The summed E-state index contributed by atoms with van der Waals surface area (Å²) in [6, 6.07) is 6.95. The van der Waals surface area contributed by atoms with Gasteiger partial charge in [-0.25, -0.2) is 13.8 Å². The van der Waals surface area contributed by atoms with Gasteiger partial charge in [0.05, 0.1) is 29.2 Å². The van der Waals surface area contributed by atoms with Crippen molar-refractivity contribution in [3.05, 3.63) is 75.7 Å². The number of ether oxygens (including phenoxy) is 1. The highest BCUT2D eigenvalue weighted by atomic mass is 35.5. The Morgan fingerprint density at radius 3 is 2.83 bits per heavy atom. The molecular weight excluding hydrogens is 412 g/mol. The summed E-state index contributed by atoms with van der Waals surface area (Å²) in [5.41, 5.74) is 3.20. The number of carbonyl (C=O) groups is 1. The Morgan fingerprint density at radius 2 is 2.03 bits per heavy atom. The highest BCUT2D eigenvalue weighted by Crippen LogP contribution is 2.36. The summed E-state index contributed by atoms with van der Waals surface area (Å²) < 4.78 is 34.2. The topological polar surface area (TPSA) is 64.1 Å². The van der Waals surface area contributed by atoms with E-state index in [2.05, 4.69) is 15.3 Å². The molecule has 154 valence electrons. The fraction of sp³-hybridized carbons (Fsp3) is 0.227. The second-order valence-electron chi connectivity index (χ2n) is 7.17. The first kappa shape index (κ1) is 20.2. The van der Waals surface area contributed by atoms with Gasteiger partial charge in [0.25, 0.3) is 5.91 Å². The molecule has 0 spiro atoms. The molecule has 1 atom stereocenters. The SMILES string of the molecule is Cc1cnc(C)c(-c2cc(F)c3c(c2)C[C@H](CNC(=O)c2cc(Cl)ccc2F)O3)n1. The van der Waals surface area contributed by atoms with Gasteiger partial charge < -0.3 is 10.1 Å². The molecule has 0 fully saturated rings. The van der Waals surface area contributed by atoms with E-state index >= 15 is 0 Å². The number of rotatable bonds is 4. The maximum atomic E-state index is 14.7. The number of aryl methyl sites for hydroxylation is 2. The lowest BCUT2D eigenvalue weighted by Gasteiger charge is -2.12. The van der Waals surface area contributed by atoms with Crippen LogP contribution in [0.25, 0.3) is 11.3 Å². The summed E-state index contributed by atoms with van der Waals surface area (Å²) in [5.74, 6) is -1.62. The van der Waals surface area contributed by atoms with Crippen LogP contribution in [0.2, 0.25) is 5.02 Å². The lowest BCUT2D eigenvalue weighted by atomic mass is 10.0. The molecule has 0 aliphatic carbocycles. The molecular formula is C22H18ClF2N3O2. The highest BCUT2D eigenvalue weighted by molar-refractivity contribution is 6.31. The Morgan fingerprint density at radius 1 is 1.23 bits per heavy atom. The van der Waals surface area contributed by atoms with Crippen LogP contribution >= 0.6 is 11.6 Å². The van der Waals surface area contributed by atoms with Gasteiger partial charge in [0.1, 0.15) is 11.9 Å². The van der Waals surface area contributed by atoms with Crippen molar-refractivity contribution in [2.24, 2.45) is 0 Å². The number of amides is 1. The largest absolute Gasteiger partial charge is 0.485 e. The molecule has 30 heavy (non-hydrogen) atoms. The summed E-state index contributed by atoms with van der Waals surface area (Å²) in [7, 11) is 0. The molecule has 1 amide bonds. The Kier molecular flexibility index (Phi) is 5.39. The maximum Gasteiger partial charge on any atom is 0.254 e. The minimum Gasteiger partial charge on any atom is -0.485 e. The van der Waals surface area contributed by atoms with Crippen molar-refractivity contribution in [1.82, 2.24) is 15.3 Å². The van der Waals surface area contributed by atoms with Crippen LogP contribution in [-0.4, -0.2) is 28.5 Å². The van der Waals surface area contributed by atoms with Crippen LogP contribution in [0.4, 0.5) is 8.78 Å². The molecule has 2 heterocycles. The summed E-state index contributed by atoms with van der Waals surface area (Å²) in [6.07, 6.45) is 1.59. The van der Waals surface area contributed by atoms with E-state index in [4.69, 9.17) is 16.3 Å². The first-order valence-corrected chi connectivity index (χ1v) is 9.72. The van der Waals surface area contributed by atoms with Crippen LogP contribution in [0.15, 0.2) is 36.5 Å². The average Bonchev–Trinajstić information content (AvgIpc) is 3.13. The van der Waals surface area contributed by atoms with Crippen LogP contribution in [0.1, 0.15) is 27.3 Å². The van der Waals surface area contributed by atoms with E-state index in [9.17, 15) is 13.6 Å². The summed E-state index contributed by atoms with van der Waals surface area (Å²) in [5, 5.41) is 2.88. The first-order valence-electron chi connectivity index (χ1n) is 9.34. The summed E-state index contributed by atoms with van der Waals surface area (Å²) >= 11 is 5.83. The van der Waals surface area contributed by atoms with Crippen molar-refractivity contribution in [3.8, 4) is 17.0 Å². The molecule has 0 bridgehead atoms. The quantitative estimate of drug-likeness (QED) is 0.666. The molecule has 0 saturated heterocycles. The number of carbonyl (C=O) groups excluding carboxylic acids is 1. The first-order chi connectivity index (χ1) is 14.3. The van der Waals surface area contributed by atoms with E-state index in [0.29, 0.717) is 28.9 Å². The van der Waals surface area contributed by atoms with Gasteiger partial charge in [-0.15, -0.1) is 0 Å². The van der Waals surface area contributed by atoms with Crippen molar-refractivity contribution in [2.45, 2.75) is 26.4 Å². The lowest BCUT2D eigenvalue weighted by molar-refractivity contribution is 0.0929. The second kappa shape index (κ2) is 7.99. The van der Waals surface area contributed by atoms with E-state index in [0.717, 1.165) is 11.8 Å². The Balaban J connectivity index is 1.49. The number of nitrogens with zero attached hydrogens (tertiary/aromatic N) is 2. The molecule has 0 saturated carbocycles. The van der Waals surface area contributed by atoms with Crippen molar-refractivity contribution in [1.29, 1.82) is 0 Å². The molecule has 1 N–H and O–H groups in total. The maximum absolute atomic E-state index is 14.7. The highest BCUT2D eigenvalue weighted by Gasteiger charge is 2.28. The van der Waals surface area contributed by atoms with Crippen LogP contribution < -0.4 is 10.1 Å². The zero-order valence-electron chi connectivity index (χ0n) is 16.3. The number of hydrogen-bond acceptors (Lipinski definition) is 4. The number of halogens is 3. The number of nitrogens with one attached hydrogen (secondary N) is 1. The van der Waals surface area contributed by atoms with E-state index in [1.54, 1.807) is 6.20 Å². The third-order valence-electron chi connectivity index (χ3n) is 4.87. The van der Waals surface area contributed by atoms with Gasteiger partial charge >= 0.3 is 0 Å². The van der Waals surface area contributed by atoms with Crippen molar-refractivity contribution < 1.29 is 18.3 Å². The second-order valence-corrected chi connectivity index (χ2v) is 7.61. The number of fused-ring (bicyclic) bond motifs is 1. The standard InChI is InChI=1S/C22H18ClF2N3O2/c1-11-9-26-12(2)20(28-11)13-5-14-6-16(30-21(14)19(25)7-13)10-27-22(29)17-8-15(23)3-4-18(17)24/h3-5,7-9,16H,6,10H2,1-2H3,(H,27,29)/t16-/m1/s1. The molecule has 1 aliphatic rings. The van der Waals surface area contributed by atoms with E-state index in [1.165, 1.54) is 18.2 Å². The van der Waals surface area contributed by atoms with Gasteiger partial charge in [0, 0.05) is 28.8 Å². The van der Waals surface area contributed by atoms with Gasteiger partial charge in [-0.3, -0.25) is 9.78 Å². The van der Waals surface area contributed by atoms with E-state index in [-0.39, 0.29) is 22.9 Å². The zero-order chi connectivity index (χ0) is 21.4. The third kappa shape index (κ3) is 3.98. The lowest BCUT2D eigenvalue weighted by Crippen LogP contribution is -2.34. The molecule has 1 aliphatic heterocycles. The normalized spacial score (nSPS) is 14.9. The van der Waals surface area contributed by atoms with E-state index in [1.807, 2.05) is 19.9 Å². The van der Waals surface area contributed by atoms with E-state index < -0.39 is 23.6 Å².